The Hall–Kier alpha value is -2.72. The van der Waals surface area contributed by atoms with Crippen LogP contribution in [0.4, 0.5) is 0 Å². The zero-order valence-electron chi connectivity index (χ0n) is 21.0. The number of nitrogens with zero attached hydrogens (tertiary/aromatic N) is 2. The number of aromatic amines is 1. The molecule has 3 N–H and O–H groups in total. The molecule has 0 unspecified atom stereocenters. The highest BCUT2D eigenvalue weighted by atomic mass is 79.9. The smallest absolute Gasteiger partial charge is 0.294 e. The van der Waals surface area contributed by atoms with Crippen LogP contribution in [0.15, 0.2) is 50.1 Å². The van der Waals surface area contributed by atoms with Gasteiger partial charge in [0.1, 0.15) is 16.9 Å². The van der Waals surface area contributed by atoms with E-state index in [0.29, 0.717) is 33.6 Å². The largest absolute Gasteiger partial charge is 0.483 e. The van der Waals surface area contributed by atoms with Gasteiger partial charge in [0, 0.05) is 46.6 Å². The number of H-pyrrole nitrogens is 1. The molecule has 1 aliphatic rings. The first-order chi connectivity index (χ1) is 17.6. The number of carboxylic acid groups (broad SMARTS) is 1. The molecule has 2 aromatic carbocycles. The second-order valence-electron chi connectivity index (χ2n) is 10.1. The van der Waals surface area contributed by atoms with Crippen LogP contribution in [0.1, 0.15) is 39.2 Å². The van der Waals surface area contributed by atoms with Crippen molar-refractivity contribution in [3.63, 3.8) is 0 Å². The molecule has 0 saturated carbocycles. The summed E-state index contributed by atoms with van der Waals surface area (Å²) < 4.78 is 6.62. The fourth-order valence-electron chi connectivity index (χ4n) is 4.63. The molecule has 0 aliphatic carbocycles. The van der Waals surface area contributed by atoms with E-state index >= 15 is 0 Å². The Labute approximate surface area is 228 Å². The number of fused-ring (bicyclic) bond motifs is 3. The van der Waals surface area contributed by atoms with Gasteiger partial charge in [-0.15, -0.1) is 0 Å². The minimum Gasteiger partial charge on any atom is -0.483 e. The zero-order chi connectivity index (χ0) is 26.7. The normalized spacial score (nSPS) is 15.1. The van der Waals surface area contributed by atoms with Crippen molar-refractivity contribution in [2.75, 3.05) is 13.1 Å². The van der Waals surface area contributed by atoms with Crippen molar-refractivity contribution < 1.29 is 14.3 Å². The maximum atomic E-state index is 12.7. The summed E-state index contributed by atoms with van der Waals surface area (Å²) in [4.78, 5) is 31.1. The topological polar surface area (TPSA) is 111 Å². The Bertz CT molecular complexity index is 1470. The number of rotatable bonds is 4. The van der Waals surface area contributed by atoms with Crippen LogP contribution in [0.3, 0.4) is 0 Å². The average molecular weight is 590 g/mol. The van der Waals surface area contributed by atoms with Crippen LogP contribution in [0.2, 0.25) is 5.02 Å². The van der Waals surface area contributed by atoms with Crippen molar-refractivity contribution in [1.82, 2.24) is 20.2 Å². The molecule has 1 fully saturated rings. The van der Waals surface area contributed by atoms with E-state index in [9.17, 15) is 4.79 Å². The molecule has 196 valence electrons. The van der Waals surface area contributed by atoms with Crippen molar-refractivity contribution in [3.8, 4) is 11.4 Å². The van der Waals surface area contributed by atoms with Gasteiger partial charge in [-0.25, -0.2) is 4.98 Å². The van der Waals surface area contributed by atoms with Gasteiger partial charge in [0.25, 0.3) is 12.0 Å². The number of carbonyl (C=O) groups is 1. The maximum Gasteiger partial charge on any atom is 0.294 e. The number of benzene rings is 2. The molecule has 0 radical (unpaired) electrons. The van der Waals surface area contributed by atoms with E-state index in [2.05, 4.69) is 51.9 Å². The number of hydrogen-bond donors (Lipinski definition) is 3. The lowest BCUT2D eigenvalue weighted by Gasteiger charge is -2.41. The Balaban J connectivity index is 0.00000102. The quantitative estimate of drug-likeness (QED) is 0.258. The fraction of sp³-hybridized carbons (Fsp3) is 0.370. The minimum absolute atomic E-state index is 0.214. The molecule has 3 heterocycles. The van der Waals surface area contributed by atoms with Crippen LogP contribution < -0.4 is 10.9 Å². The maximum absolute atomic E-state index is 12.7. The SMILES string of the molecule is CC(C)(C)N1CCC(NCc2ccc(-c3nc4c(oc5ccc(Br)cc54)c(=O)[nH]3)c(Cl)c2)CC1.O=CO. The molecule has 8 nitrogen and oxygen atoms in total. The molecule has 5 rings (SSSR count). The van der Waals surface area contributed by atoms with Gasteiger partial charge in [-0.2, -0.15) is 0 Å². The molecular formula is C27H30BrClN4O4. The van der Waals surface area contributed by atoms with Crippen LogP contribution in [0.5, 0.6) is 0 Å². The van der Waals surface area contributed by atoms with Crippen LogP contribution in [-0.4, -0.2) is 51.1 Å². The summed E-state index contributed by atoms with van der Waals surface area (Å²) in [6.45, 7) is 9.56. The lowest BCUT2D eigenvalue weighted by molar-refractivity contribution is -0.122. The van der Waals surface area contributed by atoms with Crippen molar-refractivity contribution in [1.29, 1.82) is 0 Å². The summed E-state index contributed by atoms with van der Waals surface area (Å²) in [5.74, 6) is 0.430. The van der Waals surface area contributed by atoms with Gasteiger partial charge in [-0.05, 0) is 69.5 Å². The molecule has 1 saturated heterocycles. The standard InChI is InChI=1S/C26H28BrClN4O2.CH2O2/c1-26(2,3)32-10-8-17(9-11-32)29-14-15-4-6-18(20(28)12-15)24-30-22-19-13-16(27)5-7-21(19)34-23(22)25(33)31-24;2-1-3/h4-7,12-13,17,29H,8-11,14H2,1-3H3,(H,30,31,33);1H,(H,2,3). The van der Waals surface area contributed by atoms with E-state index in [1.165, 1.54) is 0 Å². The Kier molecular flexibility index (Phi) is 8.38. The predicted octanol–water partition coefficient (Wildman–Crippen LogP) is 5.81. The lowest BCUT2D eigenvalue weighted by atomic mass is 9.98. The first-order valence-electron chi connectivity index (χ1n) is 12.1. The molecule has 37 heavy (non-hydrogen) atoms. The number of piperidine rings is 1. The summed E-state index contributed by atoms with van der Waals surface area (Å²) in [6, 6.07) is 12.0. The van der Waals surface area contributed by atoms with Gasteiger partial charge in [-0.1, -0.05) is 33.6 Å². The van der Waals surface area contributed by atoms with Crippen LogP contribution in [0.25, 0.3) is 33.5 Å². The third-order valence-electron chi connectivity index (χ3n) is 6.61. The second kappa shape index (κ2) is 11.3. The van der Waals surface area contributed by atoms with Crippen LogP contribution >= 0.6 is 27.5 Å². The molecule has 4 aromatic rings. The number of likely N-dealkylation sites (tertiary alicyclic amines) is 1. The van der Waals surface area contributed by atoms with Gasteiger partial charge < -0.3 is 19.8 Å². The molecule has 10 heteroatoms. The first-order valence-corrected chi connectivity index (χ1v) is 13.2. The highest BCUT2D eigenvalue weighted by Crippen LogP contribution is 2.31. The molecular weight excluding hydrogens is 560 g/mol. The fourth-order valence-corrected chi connectivity index (χ4v) is 5.28. The van der Waals surface area contributed by atoms with Gasteiger partial charge in [0.05, 0.1) is 5.02 Å². The van der Waals surface area contributed by atoms with Crippen molar-refractivity contribution in [3.05, 3.63) is 61.8 Å². The molecule has 0 bridgehead atoms. The Morgan fingerprint density at radius 1 is 1.24 bits per heavy atom. The second-order valence-corrected chi connectivity index (χ2v) is 11.4. The van der Waals surface area contributed by atoms with Crippen LogP contribution in [-0.2, 0) is 11.3 Å². The molecule has 1 aliphatic heterocycles. The van der Waals surface area contributed by atoms with Crippen molar-refractivity contribution in [2.45, 2.75) is 51.7 Å². The highest BCUT2D eigenvalue weighted by Gasteiger charge is 2.26. The van der Waals surface area contributed by atoms with Gasteiger partial charge in [0.2, 0.25) is 5.58 Å². The number of furan rings is 1. The van der Waals surface area contributed by atoms with Gasteiger partial charge in [0.15, 0.2) is 0 Å². The monoisotopic (exact) mass is 588 g/mol. The van der Waals surface area contributed by atoms with Crippen molar-refractivity contribution >= 4 is 56.1 Å². The van der Waals surface area contributed by atoms with Crippen molar-refractivity contribution in [2.24, 2.45) is 0 Å². The van der Waals surface area contributed by atoms with E-state index < -0.39 is 0 Å². The summed E-state index contributed by atoms with van der Waals surface area (Å²) in [6.07, 6.45) is 2.28. The third-order valence-corrected chi connectivity index (χ3v) is 7.42. The summed E-state index contributed by atoms with van der Waals surface area (Å²) >= 11 is 10.1. The number of aromatic nitrogens is 2. The molecule has 0 spiro atoms. The summed E-state index contributed by atoms with van der Waals surface area (Å²) in [5.41, 5.74) is 3.06. The number of halogens is 2. The van der Waals surface area contributed by atoms with Crippen LogP contribution in [0, 0.1) is 0 Å². The lowest BCUT2D eigenvalue weighted by Crippen LogP contribution is -2.49. The first kappa shape index (κ1) is 27.3. The van der Waals surface area contributed by atoms with Gasteiger partial charge in [-0.3, -0.25) is 14.5 Å². The molecule has 0 amide bonds. The van der Waals surface area contributed by atoms with Gasteiger partial charge >= 0.3 is 0 Å². The highest BCUT2D eigenvalue weighted by molar-refractivity contribution is 9.10. The zero-order valence-corrected chi connectivity index (χ0v) is 23.3. The average Bonchev–Trinajstić information content (AvgIpc) is 3.21. The molecule has 0 atom stereocenters. The van der Waals surface area contributed by atoms with E-state index in [1.54, 1.807) is 0 Å². The third kappa shape index (κ3) is 6.23. The van der Waals surface area contributed by atoms with E-state index in [0.717, 1.165) is 47.9 Å². The molecule has 2 aromatic heterocycles. The van der Waals surface area contributed by atoms with E-state index in [-0.39, 0.29) is 23.2 Å². The van der Waals surface area contributed by atoms with E-state index in [1.807, 2.05) is 36.4 Å². The Morgan fingerprint density at radius 2 is 1.95 bits per heavy atom. The summed E-state index contributed by atoms with van der Waals surface area (Å²) in [7, 11) is 0. The number of hydrogen-bond acceptors (Lipinski definition) is 6. The summed E-state index contributed by atoms with van der Waals surface area (Å²) in [5, 5.41) is 11.9. The van der Waals surface area contributed by atoms with E-state index in [4.69, 9.17) is 30.9 Å². The Morgan fingerprint density at radius 3 is 2.59 bits per heavy atom. The number of nitrogens with one attached hydrogen (secondary N) is 2. The predicted molar refractivity (Wildman–Crippen MR) is 150 cm³/mol. The minimum atomic E-state index is -0.323.